The summed E-state index contributed by atoms with van der Waals surface area (Å²) in [5.41, 5.74) is 5.13. The molecule has 1 N–H and O–H groups in total. The third-order valence-electron chi connectivity index (χ3n) is 4.89. The first-order chi connectivity index (χ1) is 12.2. The van der Waals surface area contributed by atoms with Crippen molar-refractivity contribution in [3.63, 3.8) is 0 Å². The van der Waals surface area contributed by atoms with Crippen LogP contribution in [0.1, 0.15) is 21.5 Å². The summed E-state index contributed by atoms with van der Waals surface area (Å²) in [4.78, 5) is 16.3. The quantitative estimate of drug-likeness (QED) is 0.608. The van der Waals surface area contributed by atoms with E-state index < -0.39 is 0 Å². The Kier molecular flexibility index (Phi) is 3.40. The molecule has 2 heterocycles. The molecule has 1 atom stereocenters. The minimum Gasteiger partial charge on any atom is -0.348 e. The lowest BCUT2D eigenvalue weighted by Crippen LogP contribution is -2.45. The van der Waals surface area contributed by atoms with Crippen molar-refractivity contribution < 1.29 is 4.79 Å². The zero-order chi connectivity index (χ0) is 17.0. The predicted octanol–water partition coefficient (Wildman–Crippen LogP) is 4.80. The van der Waals surface area contributed by atoms with Crippen LogP contribution < -0.4 is 10.2 Å². The van der Waals surface area contributed by atoms with Crippen LogP contribution in [0.15, 0.2) is 54.6 Å². The van der Waals surface area contributed by atoms with Crippen LogP contribution in [0.4, 0.5) is 10.7 Å². The van der Waals surface area contributed by atoms with Crippen molar-refractivity contribution >= 4 is 40.6 Å². The molecule has 0 saturated carbocycles. The Morgan fingerprint density at radius 2 is 1.80 bits per heavy atom. The molecule has 124 valence electrons. The van der Waals surface area contributed by atoms with E-state index in [0.29, 0.717) is 0 Å². The van der Waals surface area contributed by atoms with E-state index in [2.05, 4.69) is 42.2 Å². The van der Waals surface area contributed by atoms with E-state index in [1.54, 1.807) is 16.2 Å². The Bertz CT molecular complexity index is 981. The van der Waals surface area contributed by atoms with E-state index >= 15 is 0 Å². The van der Waals surface area contributed by atoms with Crippen LogP contribution in [0.3, 0.4) is 0 Å². The van der Waals surface area contributed by atoms with Crippen LogP contribution in [-0.4, -0.2) is 11.4 Å². The number of para-hydroxylation sites is 1. The Labute approximate surface area is 155 Å². The average Bonchev–Trinajstić information content (AvgIpc) is 3.01. The van der Waals surface area contributed by atoms with E-state index in [4.69, 9.17) is 0 Å². The molecule has 3 nitrogen and oxygen atoms in total. The van der Waals surface area contributed by atoms with Gasteiger partial charge in [0, 0.05) is 10.6 Å². The number of thiophene rings is 1. The maximum Gasteiger partial charge on any atom is 0.263 e. The van der Waals surface area contributed by atoms with Crippen LogP contribution in [0.25, 0.3) is 10.4 Å². The Morgan fingerprint density at radius 1 is 1.04 bits per heavy atom. The number of carbonyl (C=O) groups excluding carboxylic acids is 1. The van der Waals surface area contributed by atoms with Gasteiger partial charge in [-0.2, -0.15) is 0 Å². The molecule has 2 aromatic carbocycles. The first kappa shape index (κ1) is 15.0. The SMILES string of the molecule is O=C1c2c(sc3c2CCc2ccccc2-3)NC(S)N1c1ccccc1. The molecule has 1 aliphatic heterocycles. The summed E-state index contributed by atoms with van der Waals surface area (Å²) in [5, 5.41) is 4.36. The highest BCUT2D eigenvalue weighted by Crippen LogP contribution is 2.47. The molecule has 0 saturated heterocycles. The number of hydrogen-bond acceptors (Lipinski definition) is 4. The predicted molar refractivity (Wildman–Crippen MR) is 107 cm³/mol. The molecule has 25 heavy (non-hydrogen) atoms. The Balaban J connectivity index is 1.66. The number of nitrogens with zero attached hydrogens (tertiary/aromatic N) is 1. The number of fused-ring (bicyclic) bond motifs is 5. The molecule has 0 spiro atoms. The van der Waals surface area contributed by atoms with Crippen molar-refractivity contribution in [3.05, 3.63) is 71.3 Å². The molecule has 1 aromatic heterocycles. The van der Waals surface area contributed by atoms with E-state index in [9.17, 15) is 4.79 Å². The van der Waals surface area contributed by atoms with Gasteiger partial charge in [-0.15, -0.1) is 24.0 Å². The second-order valence-corrected chi connectivity index (χ2v) is 7.81. The molecule has 5 heteroatoms. The fourth-order valence-corrected chi connectivity index (χ4v) is 5.51. The highest BCUT2D eigenvalue weighted by molar-refractivity contribution is 7.81. The molecule has 0 bridgehead atoms. The van der Waals surface area contributed by atoms with Gasteiger partial charge >= 0.3 is 0 Å². The fraction of sp³-hybridized carbons (Fsp3) is 0.150. The van der Waals surface area contributed by atoms with Crippen LogP contribution in [-0.2, 0) is 12.8 Å². The number of rotatable bonds is 1. The van der Waals surface area contributed by atoms with Gasteiger partial charge < -0.3 is 5.32 Å². The van der Waals surface area contributed by atoms with Gasteiger partial charge in [0.05, 0.1) is 5.56 Å². The van der Waals surface area contributed by atoms with E-state index in [0.717, 1.165) is 29.1 Å². The van der Waals surface area contributed by atoms with Crippen LogP contribution in [0, 0.1) is 0 Å². The summed E-state index contributed by atoms with van der Waals surface area (Å²) in [6.45, 7) is 0. The number of hydrogen-bond donors (Lipinski definition) is 2. The van der Waals surface area contributed by atoms with E-state index in [1.807, 2.05) is 30.3 Å². The first-order valence-corrected chi connectivity index (χ1v) is 9.64. The second-order valence-electron chi connectivity index (χ2n) is 6.30. The highest BCUT2D eigenvalue weighted by Gasteiger charge is 2.37. The standard InChI is InChI=1S/C20H16N2OS2/c23-19-16-15-11-10-12-6-4-5-9-14(12)17(15)25-18(16)21-20(24)22(19)13-7-2-1-3-8-13/h1-9,20-21,24H,10-11H2. The van der Waals surface area contributed by atoms with E-state index in [1.165, 1.54) is 21.6 Å². The summed E-state index contributed by atoms with van der Waals surface area (Å²) in [5.74, 6) is 0.0387. The minimum atomic E-state index is -0.363. The summed E-state index contributed by atoms with van der Waals surface area (Å²) < 4.78 is 0. The van der Waals surface area contributed by atoms with Gasteiger partial charge in [-0.25, -0.2) is 0 Å². The number of thiol groups is 1. The van der Waals surface area contributed by atoms with Gasteiger partial charge in [0.25, 0.3) is 5.91 Å². The monoisotopic (exact) mass is 364 g/mol. The zero-order valence-electron chi connectivity index (χ0n) is 13.4. The van der Waals surface area contributed by atoms with Gasteiger partial charge in [0.1, 0.15) is 5.00 Å². The van der Waals surface area contributed by atoms with Gasteiger partial charge in [-0.1, -0.05) is 42.5 Å². The first-order valence-electron chi connectivity index (χ1n) is 8.31. The van der Waals surface area contributed by atoms with Crippen molar-refractivity contribution in [2.24, 2.45) is 0 Å². The fourth-order valence-electron chi connectivity index (χ4n) is 3.73. The lowest BCUT2D eigenvalue weighted by Gasteiger charge is -2.34. The number of benzene rings is 2. The maximum absolute atomic E-state index is 13.3. The minimum absolute atomic E-state index is 0.0387. The second kappa shape index (κ2) is 5.64. The van der Waals surface area contributed by atoms with Crippen molar-refractivity contribution in [2.45, 2.75) is 18.3 Å². The largest absolute Gasteiger partial charge is 0.348 e. The highest BCUT2D eigenvalue weighted by atomic mass is 32.1. The summed E-state index contributed by atoms with van der Waals surface area (Å²) >= 11 is 6.30. The van der Waals surface area contributed by atoms with Gasteiger partial charge in [0.15, 0.2) is 5.50 Å². The molecular formula is C20H16N2OS2. The van der Waals surface area contributed by atoms with Crippen molar-refractivity contribution in [3.8, 4) is 10.4 Å². The number of anilines is 2. The van der Waals surface area contributed by atoms with Crippen LogP contribution in [0.2, 0.25) is 0 Å². The maximum atomic E-state index is 13.3. The molecule has 5 rings (SSSR count). The topological polar surface area (TPSA) is 32.3 Å². The third kappa shape index (κ3) is 2.23. The number of amides is 1. The van der Waals surface area contributed by atoms with Gasteiger partial charge in [0.2, 0.25) is 0 Å². The molecule has 2 aliphatic rings. The average molecular weight is 364 g/mol. The summed E-state index contributed by atoms with van der Waals surface area (Å²) in [6.07, 6.45) is 1.89. The number of carbonyl (C=O) groups is 1. The summed E-state index contributed by atoms with van der Waals surface area (Å²) in [7, 11) is 0. The Morgan fingerprint density at radius 3 is 2.64 bits per heavy atom. The van der Waals surface area contributed by atoms with Gasteiger partial charge in [-0.05, 0) is 41.7 Å². The molecule has 0 radical (unpaired) electrons. The molecular weight excluding hydrogens is 348 g/mol. The van der Waals surface area contributed by atoms with Crippen molar-refractivity contribution in [1.29, 1.82) is 0 Å². The molecule has 1 unspecified atom stereocenters. The molecule has 0 fully saturated rings. The van der Waals surface area contributed by atoms with Crippen LogP contribution in [0.5, 0.6) is 0 Å². The molecule has 1 amide bonds. The van der Waals surface area contributed by atoms with Crippen molar-refractivity contribution in [1.82, 2.24) is 0 Å². The molecule has 1 aliphatic carbocycles. The normalized spacial score (nSPS) is 18.2. The smallest absolute Gasteiger partial charge is 0.263 e. The summed E-state index contributed by atoms with van der Waals surface area (Å²) in [6, 6.07) is 18.2. The molecule has 3 aromatic rings. The van der Waals surface area contributed by atoms with Gasteiger partial charge in [-0.3, -0.25) is 9.69 Å². The number of nitrogens with one attached hydrogen (secondary N) is 1. The third-order valence-corrected chi connectivity index (χ3v) is 6.44. The van der Waals surface area contributed by atoms with Crippen LogP contribution >= 0.6 is 24.0 Å². The Hall–Kier alpha value is -2.24. The lowest BCUT2D eigenvalue weighted by molar-refractivity contribution is 0.0983. The number of aryl methyl sites for hydroxylation is 1. The van der Waals surface area contributed by atoms with E-state index in [-0.39, 0.29) is 11.4 Å². The van der Waals surface area contributed by atoms with Crippen molar-refractivity contribution in [2.75, 3.05) is 10.2 Å². The zero-order valence-corrected chi connectivity index (χ0v) is 15.1. The lowest BCUT2D eigenvalue weighted by atomic mass is 9.89.